The quantitative estimate of drug-likeness (QED) is 0.843. The summed E-state index contributed by atoms with van der Waals surface area (Å²) in [6.07, 6.45) is 0.385. The first-order valence-corrected chi connectivity index (χ1v) is 8.19. The predicted octanol–water partition coefficient (Wildman–Crippen LogP) is 4.55. The standard InChI is InChI=1S/C19H22ClNO2/c1-4-15-9-11-16(12-10-15)13(2)21-19(22)14(3)23-18-8-6-5-7-17(18)20/h5-14H,4H2,1-3H3,(H,21,22)/t13-,14-/m0/s1. The van der Waals surface area contributed by atoms with E-state index in [1.54, 1.807) is 19.1 Å². The normalized spacial score (nSPS) is 13.2. The smallest absolute Gasteiger partial charge is 0.261 e. The lowest BCUT2D eigenvalue weighted by molar-refractivity contribution is -0.127. The third kappa shape index (κ3) is 4.73. The Bertz CT molecular complexity index is 655. The molecule has 1 amide bonds. The fraction of sp³-hybridized carbons (Fsp3) is 0.316. The van der Waals surface area contributed by atoms with E-state index in [0.29, 0.717) is 10.8 Å². The number of aryl methyl sites for hydroxylation is 1. The third-order valence-corrected chi connectivity index (χ3v) is 4.07. The average molecular weight is 332 g/mol. The largest absolute Gasteiger partial charge is 0.479 e. The number of carbonyl (C=O) groups excluding carboxylic acids is 1. The van der Waals surface area contributed by atoms with Gasteiger partial charge in [0.1, 0.15) is 5.75 Å². The van der Waals surface area contributed by atoms with Crippen LogP contribution in [0.2, 0.25) is 5.02 Å². The number of hydrogen-bond acceptors (Lipinski definition) is 2. The van der Waals surface area contributed by atoms with Crippen molar-refractivity contribution in [3.8, 4) is 5.75 Å². The fourth-order valence-electron chi connectivity index (χ4n) is 2.24. The number of hydrogen-bond donors (Lipinski definition) is 1. The summed E-state index contributed by atoms with van der Waals surface area (Å²) in [4.78, 5) is 12.3. The van der Waals surface area contributed by atoms with Gasteiger partial charge < -0.3 is 10.1 Å². The molecule has 0 radical (unpaired) electrons. The molecule has 2 aromatic rings. The van der Waals surface area contributed by atoms with Crippen LogP contribution in [0.15, 0.2) is 48.5 Å². The first kappa shape index (κ1) is 17.4. The molecule has 0 aliphatic heterocycles. The van der Waals surface area contributed by atoms with Crippen molar-refractivity contribution in [2.24, 2.45) is 0 Å². The topological polar surface area (TPSA) is 38.3 Å². The summed E-state index contributed by atoms with van der Waals surface area (Å²) in [6, 6.07) is 15.3. The molecule has 0 aliphatic rings. The molecule has 0 aliphatic carbocycles. The maximum Gasteiger partial charge on any atom is 0.261 e. The molecule has 0 fully saturated rings. The number of carbonyl (C=O) groups is 1. The van der Waals surface area contributed by atoms with E-state index >= 15 is 0 Å². The molecular weight excluding hydrogens is 310 g/mol. The monoisotopic (exact) mass is 331 g/mol. The molecule has 1 N–H and O–H groups in total. The Morgan fingerprint density at radius 1 is 1.13 bits per heavy atom. The Kier molecular flexibility index (Phi) is 6.05. The Morgan fingerprint density at radius 3 is 2.39 bits per heavy atom. The van der Waals surface area contributed by atoms with Gasteiger partial charge in [-0.3, -0.25) is 4.79 Å². The summed E-state index contributed by atoms with van der Waals surface area (Å²) in [6.45, 7) is 5.79. The number of benzene rings is 2. The maximum atomic E-state index is 12.3. The highest BCUT2D eigenvalue weighted by molar-refractivity contribution is 6.32. The summed E-state index contributed by atoms with van der Waals surface area (Å²) in [5, 5.41) is 3.46. The summed E-state index contributed by atoms with van der Waals surface area (Å²) < 4.78 is 5.64. The molecular formula is C19H22ClNO2. The molecule has 2 atom stereocenters. The van der Waals surface area contributed by atoms with Crippen molar-refractivity contribution in [2.75, 3.05) is 0 Å². The molecule has 0 spiro atoms. The Hall–Kier alpha value is -2.00. The lowest BCUT2D eigenvalue weighted by atomic mass is 10.0. The minimum absolute atomic E-state index is 0.0781. The van der Waals surface area contributed by atoms with Crippen molar-refractivity contribution in [1.82, 2.24) is 5.32 Å². The van der Waals surface area contributed by atoms with E-state index in [1.807, 2.05) is 31.2 Å². The molecule has 3 nitrogen and oxygen atoms in total. The molecule has 0 aromatic heterocycles. The van der Waals surface area contributed by atoms with E-state index in [-0.39, 0.29) is 11.9 Å². The number of rotatable bonds is 6. The second-order valence-electron chi connectivity index (χ2n) is 5.52. The summed E-state index contributed by atoms with van der Waals surface area (Å²) >= 11 is 6.05. The van der Waals surface area contributed by atoms with E-state index in [4.69, 9.17) is 16.3 Å². The molecule has 0 heterocycles. The van der Waals surface area contributed by atoms with Gasteiger partial charge in [0.25, 0.3) is 5.91 Å². The fourth-order valence-corrected chi connectivity index (χ4v) is 2.42. The number of amides is 1. The van der Waals surface area contributed by atoms with E-state index in [9.17, 15) is 4.79 Å². The molecule has 0 unspecified atom stereocenters. The van der Waals surface area contributed by atoms with Crippen LogP contribution in [0.25, 0.3) is 0 Å². The second-order valence-corrected chi connectivity index (χ2v) is 5.92. The van der Waals surface area contributed by atoms with Gasteiger partial charge in [0, 0.05) is 0 Å². The van der Waals surface area contributed by atoms with Crippen molar-refractivity contribution in [3.05, 3.63) is 64.7 Å². The van der Waals surface area contributed by atoms with Gasteiger partial charge in [-0.05, 0) is 43.5 Å². The minimum atomic E-state index is -0.618. The highest BCUT2D eigenvalue weighted by Crippen LogP contribution is 2.24. The van der Waals surface area contributed by atoms with Crippen molar-refractivity contribution in [2.45, 2.75) is 39.3 Å². The first-order valence-electron chi connectivity index (χ1n) is 7.81. The second kappa shape index (κ2) is 8.02. The predicted molar refractivity (Wildman–Crippen MR) is 93.9 cm³/mol. The van der Waals surface area contributed by atoms with Crippen LogP contribution in [-0.2, 0) is 11.2 Å². The van der Waals surface area contributed by atoms with Crippen LogP contribution in [0.5, 0.6) is 5.75 Å². The SMILES string of the molecule is CCc1ccc([C@H](C)NC(=O)[C@H](C)Oc2ccccc2Cl)cc1. The zero-order valence-corrected chi connectivity index (χ0v) is 14.4. The van der Waals surface area contributed by atoms with Gasteiger partial charge in [0.15, 0.2) is 6.10 Å². The number of para-hydroxylation sites is 1. The van der Waals surface area contributed by atoms with Crippen LogP contribution in [0, 0.1) is 0 Å². The van der Waals surface area contributed by atoms with Crippen LogP contribution in [0.3, 0.4) is 0 Å². The van der Waals surface area contributed by atoms with Crippen LogP contribution >= 0.6 is 11.6 Å². The van der Waals surface area contributed by atoms with Crippen LogP contribution in [0.4, 0.5) is 0 Å². The Labute approximate surface area is 142 Å². The van der Waals surface area contributed by atoms with Gasteiger partial charge in [-0.1, -0.05) is 54.9 Å². The molecule has 2 rings (SSSR count). The average Bonchev–Trinajstić information content (AvgIpc) is 2.56. The summed E-state index contributed by atoms with van der Waals surface area (Å²) in [5.74, 6) is 0.341. The highest BCUT2D eigenvalue weighted by atomic mass is 35.5. The van der Waals surface area contributed by atoms with Gasteiger partial charge in [0.05, 0.1) is 11.1 Å². The van der Waals surface area contributed by atoms with Gasteiger partial charge >= 0.3 is 0 Å². The van der Waals surface area contributed by atoms with Crippen molar-refractivity contribution < 1.29 is 9.53 Å². The van der Waals surface area contributed by atoms with E-state index in [1.165, 1.54) is 5.56 Å². The van der Waals surface area contributed by atoms with Gasteiger partial charge in [0.2, 0.25) is 0 Å². The summed E-state index contributed by atoms with van der Waals surface area (Å²) in [5.41, 5.74) is 2.35. The highest BCUT2D eigenvalue weighted by Gasteiger charge is 2.18. The minimum Gasteiger partial charge on any atom is -0.479 e. The molecule has 0 bridgehead atoms. The van der Waals surface area contributed by atoms with E-state index in [2.05, 4.69) is 24.4 Å². The molecule has 0 saturated heterocycles. The van der Waals surface area contributed by atoms with E-state index in [0.717, 1.165) is 12.0 Å². The molecule has 4 heteroatoms. The van der Waals surface area contributed by atoms with Crippen LogP contribution < -0.4 is 10.1 Å². The summed E-state index contributed by atoms with van der Waals surface area (Å²) in [7, 11) is 0. The molecule has 0 saturated carbocycles. The number of ether oxygens (including phenoxy) is 1. The lowest BCUT2D eigenvalue weighted by Gasteiger charge is -2.19. The van der Waals surface area contributed by atoms with Crippen LogP contribution in [-0.4, -0.2) is 12.0 Å². The zero-order valence-electron chi connectivity index (χ0n) is 13.7. The van der Waals surface area contributed by atoms with Gasteiger partial charge in [-0.25, -0.2) is 0 Å². The maximum absolute atomic E-state index is 12.3. The van der Waals surface area contributed by atoms with Crippen molar-refractivity contribution in [1.29, 1.82) is 0 Å². The molecule has 23 heavy (non-hydrogen) atoms. The molecule has 2 aromatic carbocycles. The van der Waals surface area contributed by atoms with Gasteiger partial charge in [-0.2, -0.15) is 0 Å². The van der Waals surface area contributed by atoms with Crippen molar-refractivity contribution >= 4 is 17.5 Å². The third-order valence-electron chi connectivity index (χ3n) is 3.76. The first-order chi connectivity index (χ1) is 11.0. The van der Waals surface area contributed by atoms with Gasteiger partial charge in [-0.15, -0.1) is 0 Å². The Morgan fingerprint density at radius 2 is 1.78 bits per heavy atom. The van der Waals surface area contributed by atoms with E-state index < -0.39 is 6.10 Å². The van der Waals surface area contributed by atoms with Crippen molar-refractivity contribution in [3.63, 3.8) is 0 Å². The zero-order chi connectivity index (χ0) is 16.8. The lowest BCUT2D eigenvalue weighted by Crippen LogP contribution is -2.37. The molecule has 122 valence electrons. The number of nitrogens with one attached hydrogen (secondary N) is 1. The van der Waals surface area contributed by atoms with Crippen LogP contribution in [0.1, 0.15) is 37.9 Å². The number of halogens is 1. The Balaban J connectivity index is 1.95.